The summed E-state index contributed by atoms with van der Waals surface area (Å²) in [6, 6.07) is 14.8. The van der Waals surface area contributed by atoms with Gasteiger partial charge in [-0.05, 0) is 17.7 Å². The summed E-state index contributed by atoms with van der Waals surface area (Å²) in [6.07, 6.45) is 0. The normalized spacial score (nSPS) is 13.8. The molecule has 2 aromatic carbocycles. The van der Waals surface area contributed by atoms with Gasteiger partial charge >= 0.3 is 0 Å². The first kappa shape index (κ1) is 13.5. The van der Waals surface area contributed by atoms with Crippen LogP contribution in [-0.2, 0) is 5.60 Å². The highest BCUT2D eigenvalue weighted by Gasteiger charge is 2.28. The van der Waals surface area contributed by atoms with Crippen molar-refractivity contribution < 1.29 is 14.2 Å². The second kappa shape index (κ2) is 5.82. The summed E-state index contributed by atoms with van der Waals surface area (Å²) in [5.41, 5.74) is 5.02. The van der Waals surface area contributed by atoms with Gasteiger partial charge < -0.3 is 15.6 Å². The molecule has 1 unspecified atom stereocenters. The summed E-state index contributed by atoms with van der Waals surface area (Å²) in [4.78, 5) is 0. The molecule has 100 valence electrons. The highest BCUT2D eigenvalue weighted by Crippen LogP contribution is 2.22. The molecule has 0 radical (unpaired) electrons. The fourth-order valence-corrected chi connectivity index (χ4v) is 1.77. The second-order valence-electron chi connectivity index (χ2n) is 4.35. The van der Waals surface area contributed by atoms with E-state index in [1.54, 1.807) is 24.3 Å². The molecule has 0 spiro atoms. The zero-order valence-corrected chi connectivity index (χ0v) is 10.4. The van der Waals surface area contributed by atoms with Gasteiger partial charge in [0.1, 0.15) is 23.8 Å². The lowest BCUT2D eigenvalue weighted by Gasteiger charge is -2.27. The molecule has 3 N–H and O–H groups in total. The molecule has 3 nitrogen and oxygen atoms in total. The van der Waals surface area contributed by atoms with Crippen molar-refractivity contribution >= 4 is 0 Å². The van der Waals surface area contributed by atoms with E-state index in [4.69, 9.17) is 10.5 Å². The fraction of sp³-hybridized carbons (Fsp3) is 0.200. The van der Waals surface area contributed by atoms with Gasteiger partial charge in [-0.15, -0.1) is 0 Å². The van der Waals surface area contributed by atoms with Crippen molar-refractivity contribution in [3.63, 3.8) is 0 Å². The van der Waals surface area contributed by atoms with Crippen LogP contribution in [-0.4, -0.2) is 18.3 Å². The molecular formula is C15H16FNO2. The van der Waals surface area contributed by atoms with Crippen LogP contribution in [0.4, 0.5) is 4.39 Å². The number of aliphatic hydroxyl groups is 1. The molecule has 0 amide bonds. The Balaban J connectivity index is 2.11. The van der Waals surface area contributed by atoms with Gasteiger partial charge in [-0.1, -0.05) is 36.4 Å². The number of hydrogen-bond donors (Lipinski definition) is 2. The quantitative estimate of drug-likeness (QED) is 0.866. The summed E-state index contributed by atoms with van der Waals surface area (Å²) in [5, 5.41) is 10.5. The van der Waals surface area contributed by atoms with Crippen LogP contribution in [0, 0.1) is 5.82 Å². The van der Waals surface area contributed by atoms with Crippen molar-refractivity contribution in [3.8, 4) is 5.75 Å². The van der Waals surface area contributed by atoms with Crippen molar-refractivity contribution in [3.05, 3.63) is 66.0 Å². The van der Waals surface area contributed by atoms with Crippen molar-refractivity contribution in [1.82, 2.24) is 0 Å². The number of hydrogen-bond acceptors (Lipinski definition) is 3. The number of nitrogens with two attached hydrogens (primary N) is 1. The van der Waals surface area contributed by atoms with E-state index in [0.717, 1.165) is 0 Å². The number of benzene rings is 2. The first-order valence-corrected chi connectivity index (χ1v) is 6.00. The predicted molar refractivity (Wildman–Crippen MR) is 71.3 cm³/mol. The highest BCUT2D eigenvalue weighted by atomic mass is 19.1. The van der Waals surface area contributed by atoms with E-state index in [9.17, 15) is 9.50 Å². The van der Waals surface area contributed by atoms with Crippen LogP contribution >= 0.6 is 0 Å². The smallest absolute Gasteiger partial charge is 0.136 e. The molecule has 0 fully saturated rings. The lowest BCUT2D eigenvalue weighted by Crippen LogP contribution is -2.40. The third-order valence-corrected chi connectivity index (χ3v) is 2.92. The summed E-state index contributed by atoms with van der Waals surface area (Å²) in [5.74, 6) is -0.0173. The molecule has 1 atom stereocenters. The van der Waals surface area contributed by atoms with Crippen molar-refractivity contribution in [1.29, 1.82) is 0 Å². The molecule has 2 rings (SSSR count). The van der Waals surface area contributed by atoms with E-state index >= 15 is 0 Å². The summed E-state index contributed by atoms with van der Waals surface area (Å²) in [7, 11) is 0. The van der Waals surface area contributed by atoms with Gasteiger partial charge in [-0.2, -0.15) is 0 Å². The number of ether oxygens (including phenoxy) is 1. The maximum atomic E-state index is 13.0. The minimum Gasteiger partial charge on any atom is -0.490 e. The van der Waals surface area contributed by atoms with Crippen LogP contribution in [0.1, 0.15) is 5.56 Å². The maximum Gasteiger partial charge on any atom is 0.136 e. The lowest BCUT2D eigenvalue weighted by atomic mass is 9.95. The monoisotopic (exact) mass is 261 g/mol. The van der Waals surface area contributed by atoms with Gasteiger partial charge in [0.15, 0.2) is 0 Å². The van der Waals surface area contributed by atoms with E-state index in [-0.39, 0.29) is 19.0 Å². The van der Waals surface area contributed by atoms with Crippen LogP contribution in [0.3, 0.4) is 0 Å². The Morgan fingerprint density at radius 2 is 1.84 bits per heavy atom. The summed E-state index contributed by atoms with van der Waals surface area (Å²) in [6.45, 7) is -0.0106. The van der Waals surface area contributed by atoms with Crippen molar-refractivity contribution in [2.75, 3.05) is 13.2 Å². The summed E-state index contributed by atoms with van der Waals surface area (Å²) < 4.78 is 18.5. The summed E-state index contributed by atoms with van der Waals surface area (Å²) >= 11 is 0. The van der Waals surface area contributed by atoms with Gasteiger partial charge in [-0.25, -0.2) is 4.39 Å². The van der Waals surface area contributed by atoms with E-state index in [1.165, 1.54) is 12.1 Å². The average molecular weight is 261 g/mol. The van der Waals surface area contributed by atoms with Crippen LogP contribution < -0.4 is 10.5 Å². The minimum atomic E-state index is -1.28. The molecule has 0 aliphatic heterocycles. The number of rotatable bonds is 5. The van der Waals surface area contributed by atoms with Crippen molar-refractivity contribution in [2.24, 2.45) is 5.73 Å². The van der Waals surface area contributed by atoms with Gasteiger partial charge in [0.25, 0.3) is 0 Å². The SMILES string of the molecule is NCC(O)(COc1cccc(F)c1)c1ccccc1. The average Bonchev–Trinajstić information content (AvgIpc) is 2.46. The van der Waals surface area contributed by atoms with Crippen LogP contribution in [0.25, 0.3) is 0 Å². The molecule has 0 aromatic heterocycles. The number of halogens is 1. The highest BCUT2D eigenvalue weighted by molar-refractivity contribution is 5.25. The van der Waals surface area contributed by atoms with E-state index in [0.29, 0.717) is 11.3 Å². The third-order valence-electron chi connectivity index (χ3n) is 2.92. The largest absolute Gasteiger partial charge is 0.490 e. The Morgan fingerprint density at radius 3 is 2.47 bits per heavy atom. The van der Waals surface area contributed by atoms with Crippen molar-refractivity contribution in [2.45, 2.75) is 5.60 Å². The molecule has 19 heavy (non-hydrogen) atoms. The van der Waals surface area contributed by atoms with Gasteiger partial charge in [0.05, 0.1) is 0 Å². The predicted octanol–water partition coefficient (Wildman–Crippen LogP) is 2.05. The van der Waals surface area contributed by atoms with Gasteiger partial charge in [0.2, 0.25) is 0 Å². The van der Waals surface area contributed by atoms with Gasteiger partial charge in [0, 0.05) is 12.6 Å². The standard InChI is InChI=1S/C15H16FNO2/c16-13-7-4-8-14(9-13)19-11-15(18,10-17)12-5-2-1-3-6-12/h1-9,18H,10-11,17H2. The van der Waals surface area contributed by atoms with E-state index in [2.05, 4.69) is 0 Å². The molecule has 0 bridgehead atoms. The van der Waals surface area contributed by atoms with Gasteiger partial charge in [-0.3, -0.25) is 0 Å². The van der Waals surface area contributed by atoms with E-state index in [1.807, 2.05) is 18.2 Å². The molecule has 0 saturated heterocycles. The first-order valence-electron chi connectivity index (χ1n) is 6.00. The Kier molecular flexibility index (Phi) is 4.14. The third kappa shape index (κ3) is 3.30. The zero-order valence-electron chi connectivity index (χ0n) is 10.4. The fourth-order valence-electron chi connectivity index (χ4n) is 1.77. The molecule has 0 heterocycles. The first-order chi connectivity index (χ1) is 9.14. The van der Waals surface area contributed by atoms with E-state index < -0.39 is 5.60 Å². The topological polar surface area (TPSA) is 55.5 Å². The van der Waals surface area contributed by atoms with Crippen LogP contribution in [0.15, 0.2) is 54.6 Å². The van der Waals surface area contributed by atoms with Crippen LogP contribution in [0.2, 0.25) is 0 Å². The molecule has 0 saturated carbocycles. The minimum absolute atomic E-state index is 0.0202. The molecule has 0 aliphatic carbocycles. The molecule has 2 aromatic rings. The maximum absolute atomic E-state index is 13.0. The molecule has 0 aliphatic rings. The Bertz CT molecular complexity index is 533. The Morgan fingerprint density at radius 1 is 1.11 bits per heavy atom. The Labute approximate surface area is 111 Å². The molecular weight excluding hydrogens is 245 g/mol. The Hall–Kier alpha value is -1.91. The second-order valence-corrected chi connectivity index (χ2v) is 4.35. The lowest BCUT2D eigenvalue weighted by molar-refractivity contribution is -0.00153. The van der Waals surface area contributed by atoms with Crippen LogP contribution in [0.5, 0.6) is 5.75 Å². The zero-order chi connectivity index (χ0) is 13.7. The molecule has 4 heteroatoms.